The molecule has 0 saturated carbocycles. The van der Waals surface area contributed by atoms with Gasteiger partial charge in [-0.05, 0) is 85.8 Å². The Morgan fingerprint density at radius 2 is 2.03 bits per heavy atom. The molecule has 1 aromatic heterocycles. The smallest absolute Gasteiger partial charge is 0.253 e. The first-order valence-corrected chi connectivity index (χ1v) is 11.3. The van der Waals surface area contributed by atoms with E-state index in [4.69, 9.17) is 21.7 Å². The number of nitrogens with zero attached hydrogens (tertiary/aromatic N) is 1. The molecule has 3 aromatic rings. The molecule has 168 valence electrons. The molecular formula is C25H29N3O3S. The van der Waals surface area contributed by atoms with Crippen molar-refractivity contribution < 1.29 is 9.47 Å². The summed E-state index contributed by atoms with van der Waals surface area (Å²) in [5, 5.41) is 4.84. The number of benzene rings is 2. The predicted molar refractivity (Wildman–Crippen MR) is 133 cm³/mol. The molecule has 1 aliphatic heterocycles. The molecule has 0 aliphatic carbocycles. The number of fused-ring (bicyclic) bond motifs is 1. The summed E-state index contributed by atoms with van der Waals surface area (Å²) < 4.78 is 11.3. The van der Waals surface area contributed by atoms with Crippen molar-refractivity contribution in [3.8, 4) is 5.75 Å². The maximum absolute atomic E-state index is 12.9. The number of anilines is 1. The van der Waals surface area contributed by atoms with Crippen LogP contribution in [0, 0.1) is 13.8 Å². The Balaban J connectivity index is 1.63. The van der Waals surface area contributed by atoms with E-state index in [2.05, 4.69) is 23.3 Å². The van der Waals surface area contributed by atoms with Gasteiger partial charge in [-0.3, -0.25) is 4.79 Å². The molecule has 1 saturated heterocycles. The molecule has 1 fully saturated rings. The molecule has 32 heavy (non-hydrogen) atoms. The van der Waals surface area contributed by atoms with Crippen molar-refractivity contribution in [2.24, 2.45) is 0 Å². The molecule has 0 amide bonds. The first kappa shape index (κ1) is 22.3. The van der Waals surface area contributed by atoms with Crippen LogP contribution in [0.5, 0.6) is 5.75 Å². The summed E-state index contributed by atoms with van der Waals surface area (Å²) in [6.45, 7) is 5.90. The van der Waals surface area contributed by atoms with Crippen molar-refractivity contribution in [1.82, 2.24) is 9.88 Å². The number of ether oxygens (including phenoxy) is 2. The number of aromatic nitrogens is 1. The van der Waals surface area contributed by atoms with Gasteiger partial charge in [0.25, 0.3) is 5.56 Å². The minimum absolute atomic E-state index is 0.0943. The van der Waals surface area contributed by atoms with Gasteiger partial charge in [0.1, 0.15) is 5.75 Å². The molecule has 4 rings (SSSR count). The molecule has 0 radical (unpaired) electrons. The lowest BCUT2D eigenvalue weighted by atomic mass is 10.0. The molecule has 1 unspecified atom stereocenters. The first-order valence-electron chi connectivity index (χ1n) is 10.9. The van der Waals surface area contributed by atoms with Crippen LogP contribution in [-0.4, -0.2) is 41.4 Å². The van der Waals surface area contributed by atoms with E-state index in [1.165, 1.54) is 5.56 Å². The third-order valence-corrected chi connectivity index (χ3v) is 6.34. The van der Waals surface area contributed by atoms with Crippen LogP contribution in [0.3, 0.4) is 0 Å². The molecule has 1 atom stereocenters. The van der Waals surface area contributed by atoms with Crippen molar-refractivity contribution in [1.29, 1.82) is 0 Å². The third kappa shape index (κ3) is 4.95. The molecule has 1 aliphatic rings. The van der Waals surface area contributed by atoms with Crippen LogP contribution in [0.15, 0.2) is 47.3 Å². The lowest BCUT2D eigenvalue weighted by Gasteiger charge is -2.28. The van der Waals surface area contributed by atoms with E-state index < -0.39 is 0 Å². The third-order valence-electron chi connectivity index (χ3n) is 5.98. The van der Waals surface area contributed by atoms with E-state index in [0.29, 0.717) is 29.5 Å². The zero-order valence-electron chi connectivity index (χ0n) is 18.7. The van der Waals surface area contributed by atoms with E-state index in [1.807, 2.05) is 48.2 Å². The highest BCUT2D eigenvalue weighted by molar-refractivity contribution is 7.80. The Morgan fingerprint density at radius 1 is 1.25 bits per heavy atom. The monoisotopic (exact) mass is 451 g/mol. The quantitative estimate of drug-likeness (QED) is 0.537. The van der Waals surface area contributed by atoms with Crippen LogP contribution in [0.2, 0.25) is 0 Å². The van der Waals surface area contributed by atoms with Gasteiger partial charge in [-0.15, -0.1) is 0 Å². The lowest BCUT2D eigenvalue weighted by molar-refractivity contribution is 0.0904. The molecular weight excluding hydrogens is 422 g/mol. The number of pyridine rings is 1. The number of nitrogens with one attached hydrogen (secondary N) is 2. The van der Waals surface area contributed by atoms with Gasteiger partial charge in [0.2, 0.25) is 0 Å². The largest absolute Gasteiger partial charge is 0.495 e. The number of rotatable bonds is 6. The van der Waals surface area contributed by atoms with Crippen molar-refractivity contribution in [2.75, 3.05) is 25.6 Å². The summed E-state index contributed by atoms with van der Waals surface area (Å²) in [6, 6.07) is 13.7. The Labute approximate surface area is 193 Å². The van der Waals surface area contributed by atoms with E-state index in [9.17, 15) is 4.79 Å². The van der Waals surface area contributed by atoms with Crippen molar-refractivity contribution in [3.05, 3.63) is 69.5 Å². The molecule has 6 nitrogen and oxygen atoms in total. The van der Waals surface area contributed by atoms with Crippen LogP contribution < -0.4 is 15.6 Å². The Bertz CT molecular complexity index is 1180. The van der Waals surface area contributed by atoms with Gasteiger partial charge in [-0.2, -0.15) is 0 Å². The Kier molecular flexibility index (Phi) is 6.77. The molecule has 0 spiro atoms. The van der Waals surface area contributed by atoms with Crippen LogP contribution in [0.1, 0.15) is 29.5 Å². The Morgan fingerprint density at radius 3 is 2.78 bits per heavy atom. The number of methoxy groups -OCH3 is 1. The highest BCUT2D eigenvalue weighted by Gasteiger charge is 2.22. The summed E-state index contributed by atoms with van der Waals surface area (Å²) >= 11 is 5.77. The fourth-order valence-corrected chi connectivity index (χ4v) is 4.29. The number of aryl methyl sites for hydroxylation is 2. The van der Waals surface area contributed by atoms with Gasteiger partial charge in [0.15, 0.2) is 5.11 Å². The first-order chi connectivity index (χ1) is 15.4. The fourth-order valence-electron chi connectivity index (χ4n) is 4.04. The second-order valence-electron chi connectivity index (χ2n) is 8.29. The summed E-state index contributed by atoms with van der Waals surface area (Å²) in [7, 11) is 1.63. The predicted octanol–water partition coefficient (Wildman–Crippen LogP) is 4.53. The number of aromatic amines is 1. The summed E-state index contributed by atoms with van der Waals surface area (Å²) in [4.78, 5) is 17.9. The van der Waals surface area contributed by atoms with Gasteiger partial charge in [-0.1, -0.05) is 12.1 Å². The lowest BCUT2D eigenvalue weighted by Crippen LogP contribution is -2.40. The van der Waals surface area contributed by atoms with Gasteiger partial charge < -0.3 is 24.7 Å². The minimum atomic E-state index is -0.0989. The van der Waals surface area contributed by atoms with Gasteiger partial charge in [0.05, 0.1) is 25.4 Å². The highest BCUT2D eigenvalue weighted by atomic mass is 32.1. The average Bonchev–Trinajstić information content (AvgIpc) is 3.29. The van der Waals surface area contributed by atoms with Crippen LogP contribution in [0.25, 0.3) is 10.9 Å². The highest BCUT2D eigenvalue weighted by Crippen LogP contribution is 2.24. The van der Waals surface area contributed by atoms with E-state index in [0.717, 1.165) is 41.6 Å². The van der Waals surface area contributed by atoms with Crippen LogP contribution in [-0.2, 0) is 11.3 Å². The van der Waals surface area contributed by atoms with Gasteiger partial charge >= 0.3 is 0 Å². The van der Waals surface area contributed by atoms with E-state index in [1.54, 1.807) is 7.11 Å². The second-order valence-corrected chi connectivity index (χ2v) is 8.68. The fraction of sp³-hybridized carbons (Fsp3) is 0.360. The van der Waals surface area contributed by atoms with Crippen molar-refractivity contribution in [2.45, 2.75) is 39.3 Å². The summed E-state index contributed by atoms with van der Waals surface area (Å²) in [5.41, 5.74) is 4.56. The number of para-hydroxylation sites is 2. The SMILES string of the molecule is COc1ccccc1NC(=S)N(Cc1cc2cc(C)c(C)cc2[nH]c1=O)CC1CCCO1. The Hall–Kier alpha value is -2.90. The summed E-state index contributed by atoms with van der Waals surface area (Å²) in [5.74, 6) is 0.710. The number of hydrogen-bond donors (Lipinski definition) is 2. The zero-order valence-corrected chi connectivity index (χ0v) is 19.6. The molecule has 2 N–H and O–H groups in total. The average molecular weight is 452 g/mol. The molecule has 7 heteroatoms. The molecule has 2 aromatic carbocycles. The van der Waals surface area contributed by atoms with Crippen LogP contribution in [0.4, 0.5) is 5.69 Å². The number of thiocarbonyl (C=S) groups is 1. The minimum Gasteiger partial charge on any atom is -0.495 e. The van der Waals surface area contributed by atoms with Gasteiger partial charge in [0, 0.05) is 24.2 Å². The molecule has 2 heterocycles. The second kappa shape index (κ2) is 9.71. The maximum atomic E-state index is 12.9. The number of H-pyrrole nitrogens is 1. The van der Waals surface area contributed by atoms with Crippen LogP contribution >= 0.6 is 12.2 Å². The topological polar surface area (TPSA) is 66.6 Å². The summed E-state index contributed by atoms with van der Waals surface area (Å²) in [6.07, 6.45) is 2.12. The normalized spacial score (nSPS) is 15.7. The van der Waals surface area contributed by atoms with E-state index in [-0.39, 0.29) is 11.7 Å². The van der Waals surface area contributed by atoms with Gasteiger partial charge in [-0.25, -0.2) is 0 Å². The number of hydrogen-bond acceptors (Lipinski definition) is 4. The standard InChI is InChI=1S/C25H29N3O3S/c1-16-11-18-13-19(24(29)26-22(18)12-17(16)2)14-28(15-20-7-6-10-31-20)25(32)27-21-8-4-5-9-23(21)30-3/h4-5,8-9,11-13,20H,6-7,10,14-15H2,1-3H3,(H,26,29)(H,27,32). The molecule has 0 bridgehead atoms. The van der Waals surface area contributed by atoms with Crippen molar-refractivity contribution >= 4 is 33.9 Å². The zero-order chi connectivity index (χ0) is 22.7. The van der Waals surface area contributed by atoms with Crippen molar-refractivity contribution in [3.63, 3.8) is 0 Å². The van der Waals surface area contributed by atoms with E-state index >= 15 is 0 Å². The maximum Gasteiger partial charge on any atom is 0.253 e.